The predicted octanol–water partition coefficient (Wildman–Crippen LogP) is -1.09. The van der Waals surface area contributed by atoms with E-state index in [-0.39, 0.29) is 48.6 Å². The second-order valence-electron chi connectivity index (χ2n) is 6.23. The molecule has 0 saturated carbocycles. The van der Waals surface area contributed by atoms with E-state index in [0.29, 0.717) is 12.8 Å². The van der Waals surface area contributed by atoms with Crippen molar-refractivity contribution in [2.45, 2.75) is 40.0 Å². The number of hydrogen-bond donors (Lipinski definition) is 1. The van der Waals surface area contributed by atoms with E-state index in [1.807, 2.05) is 6.92 Å². The van der Waals surface area contributed by atoms with Crippen molar-refractivity contribution in [1.29, 1.82) is 0 Å². The van der Waals surface area contributed by atoms with Crippen molar-refractivity contribution < 1.29 is 72.5 Å². The van der Waals surface area contributed by atoms with Crippen molar-refractivity contribution in [3.63, 3.8) is 0 Å². The Labute approximate surface area is 189 Å². The van der Waals surface area contributed by atoms with Crippen molar-refractivity contribution in [3.05, 3.63) is 24.3 Å². The molecule has 0 bridgehead atoms. The summed E-state index contributed by atoms with van der Waals surface area (Å²) in [5.41, 5.74) is -1.47. The summed E-state index contributed by atoms with van der Waals surface area (Å²) in [7, 11) is -4.58. The molecule has 0 saturated heterocycles. The normalized spacial score (nSPS) is 11.0. The molecule has 28 heavy (non-hydrogen) atoms. The van der Waals surface area contributed by atoms with E-state index in [1.54, 1.807) is 0 Å². The van der Waals surface area contributed by atoms with Crippen LogP contribution in [0.2, 0.25) is 0 Å². The number of hydrogen-bond acceptors (Lipinski definition) is 8. The molecule has 0 atom stereocenters. The van der Waals surface area contributed by atoms with Gasteiger partial charge in [-0.25, -0.2) is 9.59 Å². The zero-order chi connectivity index (χ0) is 21.3. The third-order valence-electron chi connectivity index (χ3n) is 3.44. The fourth-order valence-electron chi connectivity index (χ4n) is 1.86. The third kappa shape index (κ3) is 11.0. The standard InChI is InChI=1S/C17H26O9S.Na.H/c1-6-7-8-17(9-24-14(18)12(2)3,10-25-15(19)13(4)5)16(20)26-11-27(21,22)23;;/h2,4,6-11H2,1,3,5H3,(H,21,22,23);;/q;+1;-1. The van der Waals surface area contributed by atoms with Gasteiger partial charge in [-0.3, -0.25) is 9.35 Å². The minimum atomic E-state index is -4.58. The summed E-state index contributed by atoms with van der Waals surface area (Å²) in [6.07, 6.45) is 1.20. The summed E-state index contributed by atoms with van der Waals surface area (Å²) < 4.78 is 45.3. The maximum absolute atomic E-state index is 12.6. The second-order valence-corrected chi connectivity index (χ2v) is 7.63. The molecule has 0 amide bonds. The molecule has 1 N–H and O–H groups in total. The molecule has 0 aromatic rings. The van der Waals surface area contributed by atoms with E-state index in [0.717, 1.165) is 0 Å². The van der Waals surface area contributed by atoms with Gasteiger partial charge in [0.15, 0.2) is 0 Å². The topological polar surface area (TPSA) is 133 Å². The van der Waals surface area contributed by atoms with Crippen LogP contribution >= 0.6 is 0 Å². The molecular weight excluding hydrogens is 403 g/mol. The molecule has 0 aromatic heterocycles. The molecule has 0 aromatic carbocycles. The third-order valence-corrected chi connectivity index (χ3v) is 3.85. The summed E-state index contributed by atoms with van der Waals surface area (Å²) in [6, 6.07) is 0. The average molecular weight is 430 g/mol. The van der Waals surface area contributed by atoms with Crippen LogP contribution in [0.3, 0.4) is 0 Å². The van der Waals surface area contributed by atoms with Gasteiger partial charge < -0.3 is 15.6 Å². The fourth-order valence-corrected chi connectivity index (χ4v) is 2.11. The number of carbonyl (C=O) groups is 3. The second kappa shape index (κ2) is 13.1. The first-order valence-corrected chi connectivity index (χ1v) is 9.73. The minimum Gasteiger partial charge on any atom is -1.00 e. The number of esters is 3. The van der Waals surface area contributed by atoms with Gasteiger partial charge in [0.05, 0.1) is 0 Å². The Bertz CT molecular complexity index is 674. The van der Waals surface area contributed by atoms with Crippen LogP contribution in [0, 0.1) is 5.41 Å². The maximum Gasteiger partial charge on any atom is 1.00 e. The predicted molar refractivity (Wildman–Crippen MR) is 97.1 cm³/mol. The maximum atomic E-state index is 12.6. The molecule has 0 aliphatic rings. The summed E-state index contributed by atoms with van der Waals surface area (Å²) in [6.45, 7) is 10.5. The molecule has 0 aliphatic carbocycles. The van der Waals surface area contributed by atoms with Crippen molar-refractivity contribution in [1.82, 2.24) is 0 Å². The smallest absolute Gasteiger partial charge is 1.00 e. The van der Waals surface area contributed by atoms with Crippen molar-refractivity contribution >= 4 is 28.0 Å². The fraction of sp³-hybridized carbons (Fsp3) is 0.588. The monoisotopic (exact) mass is 430 g/mol. The molecule has 0 unspecified atom stereocenters. The van der Waals surface area contributed by atoms with E-state index in [2.05, 4.69) is 17.9 Å². The van der Waals surface area contributed by atoms with Crippen molar-refractivity contribution in [3.8, 4) is 0 Å². The van der Waals surface area contributed by atoms with Crippen LogP contribution in [0.5, 0.6) is 0 Å². The number of unbranched alkanes of at least 4 members (excludes halogenated alkanes) is 1. The first-order chi connectivity index (χ1) is 12.3. The average Bonchev–Trinajstić information content (AvgIpc) is 2.57. The minimum absolute atomic E-state index is 0. The molecule has 156 valence electrons. The van der Waals surface area contributed by atoms with Gasteiger partial charge in [0.1, 0.15) is 18.6 Å². The number of carbonyl (C=O) groups excluding carboxylic acids is 3. The molecule has 9 nitrogen and oxygen atoms in total. The van der Waals surface area contributed by atoms with E-state index in [9.17, 15) is 22.8 Å². The van der Waals surface area contributed by atoms with Crippen LogP contribution < -0.4 is 29.6 Å². The van der Waals surface area contributed by atoms with E-state index in [4.69, 9.17) is 14.0 Å². The Kier molecular flexibility index (Phi) is 13.6. The summed E-state index contributed by atoms with van der Waals surface area (Å²) >= 11 is 0. The Morgan fingerprint density at radius 2 is 1.43 bits per heavy atom. The van der Waals surface area contributed by atoms with Gasteiger partial charge in [0.2, 0.25) is 5.94 Å². The molecule has 0 fully saturated rings. The molecule has 0 spiro atoms. The van der Waals surface area contributed by atoms with Crippen molar-refractivity contribution in [2.24, 2.45) is 5.41 Å². The van der Waals surface area contributed by atoms with Crippen LogP contribution in [-0.4, -0.2) is 50.0 Å². The van der Waals surface area contributed by atoms with Crippen LogP contribution in [0.1, 0.15) is 41.5 Å². The summed E-state index contributed by atoms with van der Waals surface area (Å²) in [4.78, 5) is 36.0. The molecule has 0 rings (SSSR count). The van der Waals surface area contributed by atoms with Crippen molar-refractivity contribution in [2.75, 3.05) is 19.2 Å². The number of rotatable bonds is 12. The van der Waals surface area contributed by atoms with Gasteiger partial charge in [-0.15, -0.1) is 0 Å². The van der Waals surface area contributed by atoms with Crippen LogP contribution in [0.25, 0.3) is 0 Å². The quantitative estimate of drug-likeness (QED) is 0.135. The molecule has 11 heteroatoms. The first kappa shape index (κ1) is 29.0. The van der Waals surface area contributed by atoms with E-state index >= 15 is 0 Å². The van der Waals surface area contributed by atoms with Crippen LogP contribution in [-0.2, 0) is 38.7 Å². The molecule has 0 heterocycles. The van der Waals surface area contributed by atoms with Gasteiger partial charge in [0, 0.05) is 11.1 Å². The van der Waals surface area contributed by atoms with Crippen LogP contribution in [0.15, 0.2) is 24.3 Å². The Hall–Kier alpha value is -1.20. The molecule has 0 aliphatic heterocycles. The van der Waals surface area contributed by atoms with Crippen LogP contribution in [0.4, 0.5) is 0 Å². The van der Waals surface area contributed by atoms with Gasteiger partial charge in [-0.2, -0.15) is 8.42 Å². The van der Waals surface area contributed by atoms with Gasteiger partial charge in [-0.1, -0.05) is 32.9 Å². The molecular formula is C17H27NaO9S. The summed E-state index contributed by atoms with van der Waals surface area (Å²) in [5.74, 6) is -3.91. The Balaban J connectivity index is -0.00000338. The Morgan fingerprint density at radius 3 is 1.75 bits per heavy atom. The van der Waals surface area contributed by atoms with Gasteiger partial charge in [-0.05, 0) is 20.3 Å². The molecule has 0 radical (unpaired) electrons. The first-order valence-electron chi connectivity index (χ1n) is 8.12. The summed E-state index contributed by atoms with van der Waals surface area (Å²) in [5, 5.41) is 0. The zero-order valence-electron chi connectivity index (χ0n) is 17.8. The van der Waals surface area contributed by atoms with Gasteiger partial charge >= 0.3 is 57.6 Å². The van der Waals surface area contributed by atoms with Gasteiger partial charge in [0.25, 0.3) is 0 Å². The van der Waals surface area contributed by atoms with E-state index < -0.39 is 52.6 Å². The largest absolute Gasteiger partial charge is 1.00 e. The Morgan fingerprint density at radius 1 is 1.00 bits per heavy atom. The zero-order valence-corrected chi connectivity index (χ0v) is 19.6. The number of ether oxygens (including phenoxy) is 3. The van der Waals surface area contributed by atoms with E-state index in [1.165, 1.54) is 13.8 Å². The SMILES string of the molecule is C=C(C)C(=O)OCC(CCCC)(COC(=O)C(=C)C)C(=O)OCS(=O)(=O)O.[H-].[Na+].